The third-order valence-corrected chi connectivity index (χ3v) is 2.32. The molecule has 0 rings (SSSR count). The summed E-state index contributed by atoms with van der Waals surface area (Å²) in [7, 11) is 0. The summed E-state index contributed by atoms with van der Waals surface area (Å²) >= 11 is 0. The summed E-state index contributed by atoms with van der Waals surface area (Å²) in [6, 6.07) is 0. The van der Waals surface area contributed by atoms with Gasteiger partial charge in [0.15, 0.2) is 0 Å². The van der Waals surface area contributed by atoms with Gasteiger partial charge in [-0.25, -0.2) is 0 Å². The molecule has 13 heavy (non-hydrogen) atoms. The highest BCUT2D eigenvalue weighted by Gasteiger charge is 1.93. The molecule has 0 aromatic carbocycles. The lowest BCUT2D eigenvalue weighted by molar-refractivity contribution is 0.516. The van der Waals surface area contributed by atoms with E-state index in [0.717, 1.165) is 5.92 Å². The number of hydrogen-bond donors (Lipinski definition) is 0. The van der Waals surface area contributed by atoms with Crippen LogP contribution in [0.25, 0.3) is 0 Å². The van der Waals surface area contributed by atoms with E-state index in [4.69, 9.17) is 0 Å². The number of allylic oxidation sites excluding steroid dienone is 2. The zero-order chi connectivity index (χ0) is 9.94. The molecule has 0 heterocycles. The van der Waals surface area contributed by atoms with Crippen LogP contribution in [0, 0.1) is 12.8 Å². The molecule has 0 aromatic rings. The van der Waals surface area contributed by atoms with Gasteiger partial charge in [-0.2, -0.15) is 0 Å². The first-order valence-corrected chi connectivity index (χ1v) is 5.71. The molecule has 0 aliphatic carbocycles. The van der Waals surface area contributed by atoms with E-state index in [2.05, 4.69) is 26.8 Å². The van der Waals surface area contributed by atoms with Crippen molar-refractivity contribution in [2.24, 2.45) is 5.92 Å². The van der Waals surface area contributed by atoms with Gasteiger partial charge in [0.05, 0.1) is 0 Å². The Hall–Kier alpha value is -0.260. The van der Waals surface area contributed by atoms with Crippen LogP contribution in [0.5, 0.6) is 0 Å². The highest BCUT2D eigenvalue weighted by molar-refractivity contribution is 4.83. The van der Waals surface area contributed by atoms with E-state index in [0.29, 0.717) is 0 Å². The summed E-state index contributed by atoms with van der Waals surface area (Å²) in [4.78, 5) is 0. The van der Waals surface area contributed by atoms with Crippen molar-refractivity contribution in [1.82, 2.24) is 0 Å². The second kappa shape index (κ2) is 9.83. The Morgan fingerprint density at radius 2 is 1.62 bits per heavy atom. The van der Waals surface area contributed by atoms with E-state index in [1.807, 2.05) is 6.08 Å². The standard InChI is InChI=1S/C13H25/c1-4-5-6-7-8-9-10-11-12-13(2)3/h4-5,13H,1,6-12H2,2-3H3. The summed E-state index contributed by atoms with van der Waals surface area (Å²) in [5, 5.41) is 0. The largest absolute Gasteiger partial charge is 0.0885 e. The van der Waals surface area contributed by atoms with Gasteiger partial charge in [0.2, 0.25) is 0 Å². The first-order chi connectivity index (χ1) is 6.27. The Morgan fingerprint density at radius 1 is 1.00 bits per heavy atom. The van der Waals surface area contributed by atoms with Crippen LogP contribution in [-0.4, -0.2) is 0 Å². The van der Waals surface area contributed by atoms with E-state index in [1.54, 1.807) is 0 Å². The Kier molecular flexibility index (Phi) is 9.63. The Labute approximate surface area is 84.4 Å². The van der Waals surface area contributed by atoms with Gasteiger partial charge in [0.25, 0.3) is 0 Å². The molecule has 0 fully saturated rings. The van der Waals surface area contributed by atoms with Gasteiger partial charge in [-0.15, -0.1) is 0 Å². The minimum atomic E-state index is 0.883. The van der Waals surface area contributed by atoms with Crippen LogP contribution < -0.4 is 0 Å². The molecule has 0 spiro atoms. The molecule has 0 amide bonds. The molecule has 77 valence electrons. The number of unbranched alkanes of at least 4 members (excludes halogenated alkanes) is 5. The van der Waals surface area contributed by atoms with Gasteiger partial charge in [-0.3, -0.25) is 0 Å². The maximum absolute atomic E-state index is 3.67. The van der Waals surface area contributed by atoms with Gasteiger partial charge in [0.1, 0.15) is 0 Å². The molecule has 0 unspecified atom stereocenters. The van der Waals surface area contributed by atoms with Crippen molar-refractivity contribution >= 4 is 0 Å². The van der Waals surface area contributed by atoms with Crippen LogP contribution >= 0.6 is 0 Å². The average Bonchev–Trinajstić information content (AvgIpc) is 2.09. The lowest BCUT2D eigenvalue weighted by Crippen LogP contribution is -1.86. The molecule has 0 aliphatic heterocycles. The predicted molar refractivity (Wildman–Crippen MR) is 61.7 cm³/mol. The normalized spacial score (nSPS) is 11.7. The molecule has 0 N–H and O–H groups in total. The average molecular weight is 181 g/mol. The fourth-order valence-electron chi connectivity index (χ4n) is 1.46. The van der Waals surface area contributed by atoms with Crippen molar-refractivity contribution in [3.05, 3.63) is 19.1 Å². The maximum atomic E-state index is 3.67. The van der Waals surface area contributed by atoms with Crippen molar-refractivity contribution in [3.8, 4) is 0 Å². The predicted octanol–water partition coefficient (Wildman–Crippen LogP) is 4.76. The van der Waals surface area contributed by atoms with E-state index in [9.17, 15) is 0 Å². The molecule has 0 aromatic heterocycles. The third kappa shape index (κ3) is 11.7. The summed E-state index contributed by atoms with van der Waals surface area (Å²) in [5.41, 5.74) is 0. The summed E-state index contributed by atoms with van der Waals surface area (Å²) in [6.45, 7) is 8.28. The SMILES string of the molecule is [CH2]C=CCCCCCCCC(C)C. The fraction of sp³-hybridized carbons (Fsp3) is 0.769. The highest BCUT2D eigenvalue weighted by Crippen LogP contribution is 2.11. The van der Waals surface area contributed by atoms with Crippen molar-refractivity contribution in [1.29, 1.82) is 0 Å². The smallest absolute Gasteiger partial charge is 0.0316 e. The zero-order valence-corrected chi connectivity index (χ0v) is 9.39. The Morgan fingerprint density at radius 3 is 2.23 bits per heavy atom. The van der Waals surface area contributed by atoms with Gasteiger partial charge >= 0.3 is 0 Å². The second-order valence-electron chi connectivity index (χ2n) is 4.21. The number of rotatable bonds is 8. The van der Waals surface area contributed by atoms with Crippen LogP contribution in [0.2, 0.25) is 0 Å². The first-order valence-electron chi connectivity index (χ1n) is 5.71. The quantitative estimate of drug-likeness (QED) is 0.473. The van der Waals surface area contributed by atoms with Crippen LogP contribution in [0.1, 0.15) is 58.8 Å². The minimum absolute atomic E-state index is 0.883. The van der Waals surface area contributed by atoms with E-state index < -0.39 is 0 Å². The molecular formula is C13H25. The fourth-order valence-corrected chi connectivity index (χ4v) is 1.46. The van der Waals surface area contributed by atoms with Crippen molar-refractivity contribution in [2.45, 2.75) is 58.8 Å². The molecule has 0 atom stereocenters. The topological polar surface area (TPSA) is 0 Å². The number of hydrogen-bond acceptors (Lipinski definition) is 0. The van der Waals surface area contributed by atoms with Crippen LogP contribution in [0.4, 0.5) is 0 Å². The van der Waals surface area contributed by atoms with Crippen LogP contribution in [-0.2, 0) is 0 Å². The van der Waals surface area contributed by atoms with Crippen LogP contribution in [0.15, 0.2) is 12.2 Å². The molecular weight excluding hydrogens is 156 g/mol. The summed E-state index contributed by atoms with van der Waals surface area (Å²) < 4.78 is 0. The molecule has 0 aliphatic rings. The second-order valence-corrected chi connectivity index (χ2v) is 4.21. The van der Waals surface area contributed by atoms with Gasteiger partial charge in [-0.05, 0) is 25.7 Å². The van der Waals surface area contributed by atoms with E-state index in [-0.39, 0.29) is 0 Å². The summed E-state index contributed by atoms with van der Waals surface area (Å²) in [5.74, 6) is 0.883. The Bertz CT molecular complexity index is 111. The molecule has 0 heteroatoms. The minimum Gasteiger partial charge on any atom is -0.0885 e. The van der Waals surface area contributed by atoms with Crippen LogP contribution in [0.3, 0.4) is 0 Å². The van der Waals surface area contributed by atoms with E-state index >= 15 is 0 Å². The van der Waals surface area contributed by atoms with Gasteiger partial charge in [-0.1, -0.05) is 58.1 Å². The molecule has 0 bridgehead atoms. The van der Waals surface area contributed by atoms with Crippen molar-refractivity contribution in [2.75, 3.05) is 0 Å². The highest BCUT2D eigenvalue weighted by atomic mass is 14.0. The Balaban J connectivity index is 2.91. The summed E-state index contributed by atoms with van der Waals surface area (Å²) in [6.07, 6.45) is 13.7. The zero-order valence-electron chi connectivity index (χ0n) is 9.39. The first kappa shape index (κ1) is 12.7. The van der Waals surface area contributed by atoms with Crippen molar-refractivity contribution < 1.29 is 0 Å². The molecule has 0 saturated carbocycles. The molecule has 1 radical (unpaired) electrons. The van der Waals surface area contributed by atoms with Gasteiger partial charge in [0, 0.05) is 0 Å². The lowest BCUT2D eigenvalue weighted by atomic mass is 10.0. The third-order valence-electron chi connectivity index (χ3n) is 2.32. The monoisotopic (exact) mass is 181 g/mol. The van der Waals surface area contributed by atoms with Gasteiger partial charge < -0.3 is 0 Å². The van der Waals surface area contributed by atoms with Crippen molar-refractivity contribution in [3.63, 3.8) is 0 Å². The molecule has 0 saturated heterocycles. The lowest BCUT2D eigenvalue weighted by Gasteiger charge is -2.03. The maximum Gasteiger partial charge on any atom is -0.0316 e. The molecule has 0 nitrogen and oxygen atoms in total. The van der Waals surface area contributed by atoms with E-state index in [1.165, 1.54) is 44.9 Å².